The first-order valence-electron chi connectivity index (χ1n) is 58.3. The number of hydrogen-bond donors (Lipinski definition) is 0. The van der Waals surface area contributed by atoms with Crippen LogP contribution in [0.4, 0.5) is 51.2 Å². The van der Waals surface area contributed by atoms with E-state index in [2.05, 4.69) is 268 Å². The summed E-state index contributed by atoms with van der Waals surface area (Å²) in [6.45, 7) is 160. The molecule has 3 saturated heterocycles. The summed E-state index contributed by atoms with van der Waals surface area (Å²) in [7, 11) is 25.9. The van der Waals surface area contributed by atoms with E-state index in [9.17, 15) is 0 Å². The molecule has 0 aromatic heterocycles. The molecule has 15 atom stereocenters. The number of hydrogen-bond acceptors (Lipinski definition) is 9. The van der Waals surface area contributed by atoms with Crippen molar-refractivity contribution < 1.29 is 98.1 Å². The second kappa shape index (κ2) is 157. The first-order chi connectivity index (χ1) is 64.5. The molecule has 0 amide bonds. The number of anilines is 9. The average molecular weight is 2370 g/mol. The Labute approximate surface area is 1050 Å². The van der Waals surface area contributed by atoms with Crippen LogP contribution in [0.2, 0.25) is 40.9 Å². The van der Waals surface area contributed by atoms with Crippen LogP contribution in [-0.2, 0) is 98.1 Å². The van der Waals surface area contributed by atoms with Crippen LogP contribution in [0.15, 0.2) is 36.4 Å². The van der Waals surface area contributed by atoms with E-state index in [1.807, 2.05) is 332 Å². The van der Waals surface area contributed by atoms with Crippen molar-refractivity contribution >= 4 is 87.7 Å². The van der Waals surface area contributed by atoms with Crippen LogP contribution in [0.3, 0.4) is 0 Å². The fourth-order valence-electron chi connectivity index (χ4n) is 20.0. The maximum absolute atomic E-state index is 4.75. The quantitative estimate of drug-likeness (QED) is 0.130. The van der Waals surface area contributed by atoms with E-state index in [4.69, 9.17) is 20.8 Å². The average Bonchev–Trinajstić information content (AvgIpc) is 1.56. The zero-order valence-electron chi connectivity index (χ0n) is 110. The van der Waals surface area contributed by atoms with Crippen molar-refractivity contribution in [2.24, 2.45) is 87.3 Å². The Morgan fingerprint density at radius 1 is 0.207 bits per heavy atom. The zero-order chi connectivity index (χ0) is 113. The van der Waals surface area contributed by atoms with Gasteiger partial charge in [0.25, 0.3) is 0 Å². The molecular weight excluding hydrogens is 2050 g/mol. The molecule has 9 nitrogen and oxygen atoms in total. The standard InChI is InChI=1S/3C25H42BN3.24C2H6.12CH4.3Y/c1-17-11-12-18(2)25(17)19(3)15-29(16-20(25)4)21-13-22(27(7)8)24(26(5)6)23(14-21)28(9)10;2*1-17-11-12-18(2)25(17)19(3)15-29(16-20(25)4)23-14-21(27(7)8)13-22(28(9)10)24(23)26(5)6;24*1-2;;;;;;;;;;;;;;;/h3*13-14,17-20H,1,3,11-12,15-16H2,2,4-10H3;24*1-2H3;12*1H4;;;/q3*-2;;;;;;;;;;;;;;;;;;;;;;;;;;;;;;;;;;;;;;;. The molecule has 3 radical (unpaired) electrons. The van der Waals surface area contributed by atoms with Crippen LogP contribution in [0.1, 0.15) is 502 Å². The Morgan fingerprint density at radius 2 is 0.360 bits per heavy atom. The molecule has 3 spiro atoms. The smallest absolute Gasteiger partial charge is 0.175 e. The molecule has 3 aromatic rings. The second-order valence-corrected chi connectivity index (χ2v) is 31.6. The van der Waals surface area contributed by atoms with E-state index < -0.39 is 0 Å². The topological polar surface area (TPSA) is 29.2 Å². The maximum atomic E-state index is 4.75. The summed E-state index contributed by atoms with van der Waals surface area (Å²) in [5.41, 5.74) is 17.2. The van der Waals surface area contributed by atoms with E-state index in [1.54, 1.807) is 0 Å². The fourth-order valence-corrected chi connectivity index (χ4v) is 20.0. The molecule has 0 bridgehead atoms. The van der Waals surface area contributed by atoms with Crippen LogP contribution >= 0.6 is 0 Å². The van der Waals surface area contributed by atoms with Gasteiger partial charge in [-0.2, -0.15) is 17.8 Å². The third kappa shape index (κ3) is 74.1. The van der Waals surface area contributed by atoms with Gasteiger partial charge in [-0.05, 0) is 108 Å². The van der Waals surface area contributed by atoms with Gasteiger partial charge in [0.2, 0.25) is 0 Å². The molecule has 150 heavy (non-hydrogen) atoms. The van der Waals surface area contributed by atoms with Crippen molar-refractivity contribution in [3.05, 3.63) is 77.9 Å². The fraction of sp³-hybridized carbons (Fsp3) is 0.822. The first-order valence-corrected chi connectivity index (χ1v) is 58.3. The third-order valence-electron chi connectivity index (χ3n) is 24.1. The molecule has 3 aliphatic carbocycles. The normalized spacial score (nSPS) is 19.5. The Hall–Kier alpha value is -0.634. The molecule has 3 aromatic carbocycles. The minimum atomic E-state index is 0. The number of benzene rings is 3. The molecule has 3 saturated carbocycles. The van der Waals surface area contributed by atoms with Gasteiger partial charge in [-0.25, -0.2) is 0 Å². The Bertz CT molecular complexity index is 2560. The Kier molecular flexibility index (Phi) is 254. The van der Waals surface area contributed by atoms with Gasteiger partial charge in [-0.1, -0.05) is 559 Å². The van der Waals surface area contributed by atoms with E-state index in [-0.39, 0.29) is 198 Å². The first kappa shape index (κ1) is 243. The predicted octanol–water partition coefficient (Wildman–Crippen LogP) is 45.9. The minimum Gasteiger partial charge on any atom is -0.378 e. The number of piperidine rings is 3. The van der Waals surface area contributed by atoms with Gasteiger partial charge < -0.3 is 85.6 Å². The van der Waals surface area contributed by atoms with Crippen molar-refractivity contribution in [1.82, 2.24) is 0 Å². The summed E-state index contributed by atoms with van der Waals surface area (Å²) in [5, 5.41) is 0. The third-order valence-corrected chi connectivity index (χ3v) is 24.1. The van der Waals surface area contributed by atoms with Gasteiger partial charge in [0.05, 0.1) is 0 Å². The van der Waals surface area contributed by atoms with Gasteiger partial charge in [0.15, 0.2) is 20.1 Å². The molecule has 3 aliphatic heterocycles. The van der Waals surface area contributed by atoms with Crippen LogP contribution in [-0.4, -0.2) is 144 Å². The molecular formula is C135H318B3N9Y3-6. The zero-order valence-corrected chi connectivity index (χ0v) is 119. The summed E-state index contributed by atoms with van der Waals surface area (Å²) < 4.78 is 0. The van der Waals surface area contributed by atoms with Crippen molar-refractivity contribution in [2.75, 3.05) is 168 Å². The van der Waals surface area contributed by atoms with Crippen molar-refractivity contribution in [1.29, 1.82) is 0 Å². The molecule has 9 rings (SSSR count). The minimum absolute atomic E-state index is 0. The largest absolute Gasteiger partial charge is 0.378 e. The van der Waals surface area contributed by atoms with Crippen LogP contribution < -0.4 is 60.5 Å². The van der Waals surface area contributed by atoms with E-state index >= 15 is 0 Å². The predicted molar refractivity (Wildman–Crippen MR) is 749 cm³/mol. The van der Waals surface area contributed by atoms with Crippen LogP contribution in [0, 0.1) is 129 Å². The number of nitrogens with zero attached hydrogens (tertiary/aromatic N) is 9. The van der Waals surface area contributed by atoms with E-state index in [0.717, 1.165) is 57.0 Å². The van der Waals surface area contributed by atoms with Gasteiger partial charge in [-0.3, -0.25) is 0 Å². The summed E-state index contributed by atoms with van der Waals surface area (Å²) in [4.78, 5) is 21.4. The molecule has 6 aliphatic rings. The van der Waals surface area contributed by atoms with Crippen LogP contribution in [0.25, 0.3) is 0 Å². The monoisotopic (exact) mass is 2370 g/mol. The van der Waals surface area contributed by atoms with Crippen LogP contribution in [0.5, 0.6) is 0 Å². The SMILES string of the molecule is C.C.C.C.C.C.C.C.C.C.C.C.CC.CC.CC.CC.CC.CC.CC.CC.CC.CC.CC.CC.CC.CC.CC.CC.CC.CC.CC.CC.CC.CC.CC.CC.[CH2-]C1CCC(C)C12C([CH2-])CN(c1cc(N(C)C)c(B(C)C)c(N(C)C)c1)CC2C.[CH2-]C1CCC(C)C12C([CH2-])CN(c1cc(N(C)C)cc(N(C)C)c1B(C)C)CC2C.[CH2-]C1CCC(C)C12C([CH2-])CN(c1cc(N(C)C)cc(N(C)C)c1B(C)C)CC2C.[Y].[Y].[Y]. The summed E-state index contributed by atoms with van der Waals surface area (Å²) in [6, 6.07) is 14.3. The van der Waals surface area contributed by atoms with Gasteiger partial charge >= 0.3 is 0 Å². The maximum Gasteiger partial charge on any atom is 0.175 e. The van der Waals surface area contributed by atoms with Crippen molar-refractivity contribution in [2.45, 2.75) is 542 Å². The molecule has 927 valence electrons. The molecule has 0 N–H and O–H groups in total. The van der Waals surface area contributed by atoms with Gasteiger partial charge in [0, 0.05) is 254 Å². The molecule has 15 unspecified atom stereocenters. The van der Waals surface area contributed by atoms with Gasteiger partial charge in [0.1, 0.15) is 0 Å². The molecule has 6 fully saturated rings. The summed E-state index contributed by atoms with van der Waals surface area (Å²) >= 11 is 0. The second-order valence-electron chi connectivity index (χ2n) is 31.6. The van der Waals surface area contributed by atoms with Crippen molar-refractivity contribution in [3.8, 4) is 0 Å². The van der Waals surface area contributed by atoms with E-state index in [0.29, 0.717) is 78.8 Å². The summed E-state index contributed by atoms with van der Waals surface area (Å²) in [6.07, 6.45) is 7.70. The van der Waals surface area contributed by atoms with Gasteiger partial charge in [-0.15, -0.1) is 17.8 Å². The summed E-state index contributed by atoms with van der Waals surface area (Å²) in [5.74, 6) is 6.83. The number of rotatable bonds is 12. The molecule has 3 heterocycles. The van der Waals surface area contributed by atoms with E-state index in [1.165, 1.54) is 106 Å². The Morgan fingerprint density at radius 3 is 0.493 bits per heavy atom. The Balaban J connectivity index is -0.0000000351. The van der Waals surface area contributed by atoms with Crippen molar-refractivity contribution in [3.63, 3.8) is 0 Å². The molecule has 15 heteroatoms.